The quantitative estimate of drug-likeness (QED) is 0.459. The van der Waals surface area contributed by atoms with Crippen molar-refractivity contribution in [3.05, 3.63) is 70.3 Å². The van der Waals surface area contributed by atoms with Crippen LogP contribution in [-0.2, 0) is 0 Å². The molecule has 2 aliphatic heterocycles. The van der Waals surface area contributed by atoms with Crippen molar-refractivity contribution in [2.75, 3.05) is 36.5 Å². The summed E-state index contributed by atoms with van der Waals surface area (Å²) in [5.74, 6) is 1.15. The summed E-state index contributed by atoms with van der Waals surface area (Å²) in [6, 6.07) is 9.71. The van der Waals surface area contributed by atoms with Crippen LogP contribution in [0.3, 0.4) is 0 Å². The summed E-state index contributed by atoms with van der Waals surface area (Å²) in [5.41, 5.74) is 3.00. The molecular formula is C30H36N6O4. The normalized spacial score (nSPS) is 17.9. The number of anilines is 2. The van der Waals surface area contributed by atoms with Crippen LogP contribution in [0.15, 0.2) is 36.5 Å². The van der Waals surface area contributed by atoms with E-state index in [9.17, 15) is 14.7 Å². The Hall–Kier alpha value is -4.21. The molecule has 10 heteroatoms. The second kappa shape index (κ2) is 10.4. The lowest BCUT2D eigenvalue weighted by Gasteiger charge is -2.47. The highest BCUT2D eigenvalue weighted by atomic mass is 16.5. The number of hydrogen-bond acceptors (Lipinski definition) is 8. The van der Waals surface area contributed by atoms with Gasteiger partial charge in [0, 0.05) is 25.2 Å². The van der Waals surface area contributed by atoms with Gasteiger partial charge in [0.15, 0.2) is 0 Å². The summed E-state index contributed by atoms with van der Waals surface area (Å²) in [7, 11) is 0. The Morgan fingerprint density at radius 1 is 1.15 bits per heavy atom. The van der Waals surface area contributed by atoms with Crippen molar-refractivity contribution in [3.8, 4) is 5.75 Å². The van der Waals surface area contributed by atoms with Crippen molar-refractivity contribution in [2.45, 2.75) is 59.0 Å². The van der Waals surface area contributed by atoms with E-state index in [0.717, 1.165) is 22.8 Å². The maximum atomic E-state index is 13.8. The fraction of sp³-hybridized carbons (Fsp3) is 0.433. The first-order valence-electron chi connectivity index (χ1n) is 13.6. The number of fused-ring (bicyclic) bond motifs is 1. The molecule has 2 aliphatic rings. The smallest absolute Gasteiger partial charge is 0.337 e. The average molecular weight is 545 g/mol. The van der Waals surface area contributed by atoms with E-state index in [2.05, 4.69) is 20.2 Å². The first kappa shape index (κ1) is 27.4. The monoisotopic (exact) mass is 544 g/mol. The predicted molar refractivity (Wildman–Crippen MR) is 152 cm³/mol. The molecule has 2 N–H and O–H groups in total. The van der Waals surface area contributed by atoms with Gasteiger partial charge in [-0.25, -0.2) is 19.7 Å². The molecule has 0 aliphatic carbocycles. The lowest BCUT2D eigenvalue weighted by atomic mass is 9.97. The standard InChI is InChI=1S/C30H36N6O4/c1-17(2)26-27(34-22-15-40-23-10-8-7-9-20(22)23)31-14-21(33-26)28(37)36-12-11-35(16-30(36,5)6)24-13-18(3)25(29(38)39)19(4)32-24/h7-10,13-14,17,22H,11-12,15-16H2,1-6H3,(H,31,34)(H,38,39). The summed E-state index contributed by atoms with van der Waals surface area (Å²) < 4.78 is 5.81. The fourth-order valence-electron chi connectivity index (χ4n) is 5.63. The number of carbonyl (C=O) groups excluding carboxylic acids is 1. The highest BCUT2D eigenvalue weighted by Crippen LogP contribution is 2.35. The lowest BCUT2D eigenvalue weighted by Crippen LogP contribution is -2.61. The number of carboxylic acids is 1. The van der Waals surface area contributed by atoms with Crippen molar-refractivity contribution in [1.29, 1.82) is 0 Å². The van der Waals surface area contributed by atoms with Gasteiger partial charge in [-0.3, -0.25) is 4.79 Å². The Bertz CT molecular complexity index is 1450. The summed E-state index contributed by atoms with van der Waals surface area (Å²) in [4.78, 5) is 43.3. The van der Waals surface area contributed by atoms with E-state index in [1.54, 1.807) is 20.0 Å². The maximum Gasteiger partial charge on any atom is 0.337 e. The number of aryl methyl sites for hydroxylation is 2. The van der Waals surface area contributed by atoms with Crippen molar-refractivity contribution < 1.29 is 19.4 Å². The number of amides is 1. The van der Waals surface area contributed by atoms with Gasteiger partial charge in [-0.15, -0.1) is 0 Å². The summed E-state index contributed by atoms with van der Waals surface area (Å²) >= 11 is 0. The first-order chi connectivity index (χ1) is 19.0. The van der Waals surface area contributed by atoms with Gasteiger partial charge in [0.05, 0.1) is 34.7 Å². The minimum atomic E-state index is -0.978. The molecule has 1 unspecified atom stereocenters. The second-order valence-corrected chi connectivity index (χ2v) is 11.4. The van der Waals surface area contributed by atoms with E-state index < -0.39 is 11.5 Å². The largest absolute Gasteiger partial charge is 0.491 e. The number of aromatic carboxylic acids is 1. The SMILES string of the molecule is Cc1cc(N2CCN(C(=O)c3cnc(NC4COc5ccccc54)c(C(C)C)n3)C(C)(C)C2)nc(C)c1C(=O)O. The van der Waals surface area contributed by atoms with Crippen molar-refractivity contribution >= 4 is 23.5 Å². The summed E-state index contributed by atoms with van der Waals surface area (Å²) in [6.07, 6.45) is 1.56. The molecule has 0 saturated carbocycles. The van der Waals surface area contributed by atoms with E-state index in [4.69, 9.17) is 9.72 Å². The molecule has 1 atom stereocenters. The van der Waals surface area contributed by atoms with Gasteiger partial charge in [-0.05, 0) is 51.3 Å². The molecule has 1 aromatic carbocycles. The summed E-state index contributed by atoms with van der Waals surface area (Å²) in [6.45, 7) is 13.7. The molecule has 1 amide bonds. The number of hydrogen-bond donors (Lipinski definition) is 2. The average Bonchev–Trinajstić information content (AvgIpc) is 3.30. The molecule has 2 aromatic heterocycles. The molecule has 1 saturated heterocycles. The maximum absolute atomic E-state index is 13.8. The third kappa shape index (κ3) is 5.05. The van der Waals surface area contributed by atoms with Crippen LogP contribution in [0.4, 0.5) is 11.6 Å². The highest BCUT2D eigenvalue weighted by molar-refractivity contribution is 5.93. The highest BCUT2D eigenvalue weighted by Gasteiger charge is 2.39. The Morgan fingerprint density at radius 3 is 2.58 bits per heavy atom. The number of nitrogens with one attached hydrogen (secondary N) is 1. The van der Waals surface area contributed by atoms with Crippen LogP contribution in [-0.4, -0.2) is 68.6 Å². The molecule has 10 nitrogen and oxygen atoms in total. The third-order valence-corrected chi connectivity index (χ3v) is 7.65. The van der Waals surface area contributed by atoms with Crippen molar-refractivity contribution in [1.82, 2.24) is 19.9 Å². The molecular weight excluding hydrogens is 508 g/mol. The van der Waals surface area contributed by atoms with Crippen LogP contribution < -0.4 is 15.0 Å². The van der Waals surface area contributed by atoms with Crippen LogP contribution >= 0.6 is 0 Å². The van der Waals surface area contributed by atoms with E-state index >= 15 is 0 Å². The molecule has 0 bridgehead atoms. The first-order valence-corrected chi connectivity index (χ1v) is 13.6. The van der Waals surface area contributed by atoms with Gasteiger partial charge in [-0.2, -0.15) is 0 Å². The van der Waals surface area contributed by atoms with E-state index in [0.29, 0.717) is 49.0 Å². The van der Waals surface area contributed by atoms with Crippen molar-refractivity contribution in [2.24, 2.45) is 0 Å². The zero-order valence-electron chi connectivity index (χ0n) is 23.9. The van der Waals surface area contributed by atoms with Gasteiger partial charge in [0.25, 0.3) is 5.91 Å². The van der Waals surface area contributed by atoms with Gasteiger partial charge in [-0.1, -0.05) is 32.0 Å². The number of benzene rings is 1. The van der Waals surface area contributed by atoms with Gasteiger partial charge >= 0.3 is 5.97 Å². The van der Waals surface area contributed by atoms with Crippen LogP contribution in [0.5, 0.6) is 5.75 Å². The minimum absolute atomic E-state index is 0.0398. The number of carboxylic acid groups (broad SMARTS) is 1. The number of aromatic nitrogens is 3. The lowest BCUT2D eigenvalue weighted by molar-refractivity contribution is 0.0506. The number of para-hydroxylation sites is 1. The molecule has 210 valence electrons. The zero-order valence-corrected chi connectivity index (χ0v) is 23.9. The Balaban J connectivity index is 1.35. The van der Waals surface area contributed by atoms with Crippen LogP contribution in [0.1, 0.15) is 83.0 Å². The molecule has 4 heterocycles. The van der Waals surface area contributed by atoms with Gasteiger partial charge in [0.2, 0.25) is 0 Å². The molecule has 5 rings (SSSR count). The Labute approximate surface area is 234 Å². The number of piperazine rings is 1. The van der Waals surface area contributed by atoms with Crippen LogP contribution in [0.2, 0.25) is 0 Å². The zero-order chi connectivity index (χ0) is 28.8. The van der Waals surface area contributed by atoms with Gasteiger partial charge in [0.1, 0.15) is 29.7 Å². The van der Waals surface area contributed by atoms with E-state index in [-0.39, 0.29) is 23.4 Å². The van der Waals surface area contributed by atoms with Crippen molar-refractivity contribution in [3.63, 3.8) is 0 Å². The van der Waals surface area contributed by atoms with E-state index in [1.165, 1.54) is 0 Å². The minimum Gasteiger partial charge on any atom is -0.491 e. The molecule has 3 aromatic rings. The molecule has 1 fully saturated rings. The predicted octanol–water partition coefficient (Wildman–Crippen LogP) is 4.60. The molecule has 40 heavy (non-hydrogen) atoms. The number of pyridine rings is 1. The Morgan fingerprint density at radius 2 is 1.90 bits per heavy atom. The van der Waals surface area contributed by atoms with Gasteiger partial charge < -0.3 is 25.0 Å². The van der Waals surface area contributed by atoms with E-state index in [1.807, 2.05) is 62.9 Å². The number of nitrogens with zero attached hydrogens (tertiary/aromatic N) is 5. The van der Waals surface area contributed by atoms with Crippen LogP contribution in [0.25, 0.3) is 0 Å². The molecule has 0 spiro atoms. The molecule has 0 radical (unpaired) electrons. The number of ether oxygens (including phenoxy) is 1. The second-order valence-electron chi connectivity index (χ2n) is 11.4. The third-order valence-electron chi connectivity index (χ3n) is 7.65. The topological polar surface area (TPSA) is 121 Å². The number of carbonyl (C=O) groups is 2. The van der Waals surface area contributed by atoms with Crippen LogP contribution in [0, 0.1) is 13.8 Å². The fourth-order valence-corrected chi connectivity index (χ4v) is 5.63. The number of rotatable bonds is 6. The Kier molecular flexibility index (Phi) is 7.12. The summed E-state index contributed by atoms with van der Waals surface area (Å²) in [5, 5.41) is 13.0.